The van der Waals surface area contributed by atoms with Crippen molar-refractivity contribution >= 4 is 17.7 Å². The highest BCUT2D eigenvalue weighted by Crippen LogP contribution is 2.18. The second-order valence-electron chi connectivity index (χ2n) is 5.31. The summed E-state index contributed by atoms with van der Waals surface area (Å²) in [6.45, 7) is 0.843. The average Bonchev–Trinajstić information content (AvgIpc) is 2.53. The number of piperidine rings is 1. The first kappa shape index (κ1) is 15.2. The number of carbonyl (C=O) groups excluding carboxylic acids is 2. The van der Waals surface area contributed by atoms with Gasteiger partial charge in [0.2, 0.25) is 5.91 Å². The molecule has 0 spiro atoms. The lowest BCUT2D eigenvalue weighted by molar-refractivity contribution is -0.145. The van der Waals surface area contributed by atoms with Gasteiger partial charge in [-0.05, 0) is 12.8 Å². The smallest absolute Gasteiger partial charge is 0.308 e. The molecule has 1 amide bonds. The molecule has 1 saturated heterocycles. The minimum Gasteiger partial charge on any atom is -0.481 e. The van der Waals surface area contributed by atoms with E-state index in [-0.39, 0.29) is 31.1 Å². The Morgan fingerprint density at radius 1 is 1.14 bits per heavy atom. The number of carboxylic acids is 1. The summed E-state index contributed by atoms with van der Waals surface area (Å²) in [6.07, 6.45) is 1.62. The van der Waals surface area contributed by atoms with Gasteiger partial charge in [-0.3, -0.25) is 14.4 Å². The SMILES string of the molecule is O=C(CCC(=O)N1CCCC(C(=O)O)C1)c1ccccc1. The van der Waals surface area contributed by atoms with Crippen molar-refractivity contribution in [1.82, 2.24) is 4.90 Å². The Bertz CT molecular complexity index is 526. The van der Waals surface area contributed by atoms with Crippen molar-refractivity contribution in [3.63, 3.8) is 0 Å². The molecular weight excluding hydrogens is 270 g/mol. The number of rotatable bonds is 5. The zero-order valence-corrected chi connectivity index (χ0v) is 11.8. The highest BCUT2D eigenvalue weighted by Gasteiger charge is 2.28. The minimum atomic E-state index is -0.854. The molecule has 1 aromatic carbocycles. The summed E-state index contributed by atoms with van der Waals surface area (Å²) < 4.78 is 0. The lowest BCUT2D eigenvalue weighted by atomic mass is 9.97. The summed E-state index contributed by atoms with van der Waals surface area (Å²) in [5.74, 6) is -1.53. The first-order valence-electron chi connectivity index (χ1n) is 7.17. The number of benzene rings is 1. The van der Waals surface area contributed by atoms with Crippen LogP contribution in [0.5, 0.6) is 0 Å². The highest BCUT2D eigenvalue weighted by molar-refractivity contribution is 5.97. The zero-order valence-electron chi connectivity index (χ0n) is 11.8. The lowest BCUT2D eigenvalue weighted by Crippen LogP contribution is -2.42. The fourth-order valence-corrected chi connectivity index (χ4v) is 2.55. The minimum absolute atomic E-state index is 0.0595. The van der Waals surface area contributed by atoms with Crippen LogP contribution < -0.4 is 0 Å². The monoisotopic (exact) mass is 289 g/mol. The largest absolute Gasteiger partial charge is 0.481 e. The van der Waals surface area contributed by atoms with Gasteiger partial charge in [0.15, 0.2) is 5.78 Å². The van der Waals surface area contributed by atoms with E-state index >= 15 is 0 Å². The molecule has 1 aromatic rings. The maximum absolute atomic E-state index is 12.1. The molecule has 1 heterocycles. The number of nitrogens with zero attached hydrogens (tertiary/aromatic N) is 1. The van der Waals surface area contributed by atoms with Crippen molar-refractivity contribution in [3.05, 3.63) is 35.9 Å². The fraction of sp³-hybridized carbons (Fsp3) is 0.438. The molecule has 1 fully saturated rings. The Labute approximate surface area is 123 Å². The van der Waals surface area contributed by atoms with Gasteiger partial charge >= 0.3 is 5.97 Å². The summed E-state index contributed by atoms with van der Waals surface area (Å²) in [5.41, 5.74) is 0.604. The van der Waals surface area contributed by atoms with Crippen LogP contribution in [-0.4, -0.2) is 40.8 Å². The fourth-order valence-electron chi connectivity index (χ4n) is 2.55. The van der Waals surface area contributed by atoms with E-state index in [4.69, 9.17) is 5.11 Å². The maximum Gasteiger partial charge on any atom is 0.308 e. The standard InChI is InChI=1S/C16H19NO4/c18-14(12-5-2-1-3-6-12)8-9-15(19)17-10-4-7-13(11-17)16(20)21/h1-3,5-6,13H,4,7-11H2,(H,20,21). The molecule has 0 aromatic heterocycles. The van der Waals surface area contributed by atoms with Crippen molar-refractivity contribution in [1.29, 1.82) is 0 Å². The number of ketones is 1. The summed E-state index contributed by atoms with van der Waals surface area (Å²) >= 11 is 0. The summed E-state index contributed by atoms with van der Waals surface area (Å²) in [6, 6.07) is 8.87. The van der Waals surface area contributed by atoms with Crippen LogP contribution in [0.2, 0.25) is 0 Å². The quantitative estimate of drug-likeness (QED) is 0.841. The number of Topliss-reactive ketones (excluding diaryl/α,β-unsaturated/α-hetero) is 1. The van der Waals surface area contributed by atoms with Gasteiger partial charge in [-0.25, -0.2) is 0 Å². The van der Waals surface area contributed by atoms with Crippen LogP contribution in [0, 0.1) is 5.92 Å². The van der Waals surface area contributed by atoms with Gasteiger partial charge in [0, 0.05) is 31.5 Å². The predicted octanol–water partition coefficient (Wildman–Crippen LogP) is 1.97. The maximum atomic E-state index is 12.1. The normalized spacial score (nSPS) is 18.3. The van der Waals surface area contributed by atoms with E-state index in [1.54, 1.807) is 29.2 Å². The van der Waals surface area contributed by atoms with E-state index in [0.717, 1.165) is 0 Å². The first-order valence-corrected chi connectivity index (χ1v) is 7.17. The molecule has 0 bridgehead atoms. The van der Waals surface area contributed by atoms with E-state index in [2.05, 4.69) is 0 Å². The molecule has 0 saturated carbocycles. The van der Waals surface area contributed by atoms with Crippen LogP contribution in [-0.2, 0) is 9.59 Å². The third kappa shape index (κ3) is 4.15. The van der Waals surface area contributed by atoms with E-state index in [1.165, 1.54) is 0 Å². The van der Waals surface area contributed by atoms with Crippen molar-refractivity contribution in [2.75, 3.05) is 13.1 Å². The van der Waals surface area contributed by atoms with Gasteiger partial charge in [0.1, 0.15) is 0 Å². The lowest BCUT2D eigenvalue weighted by Gasteiger charge is -2.30. The first-order chi connectivity index (χ1) is 10.1. The Morgan fingerprint density at radius 3 is 2.52 bits per heavy atom. The van der Waals surface area contributed by atoms with Crippen LogP contribution in [0.15, 0.2) is 30.3 Å². The zero-order chi connectivity index (χ0) is 15.2. The average molecular weight is 289 g/mol. The number of aliphatic carboxylic acids is 1. The van der Waals surface area contributed by atoms with E-state index in [1.807, 2.05) is 6.07 Å². The molecule has 1 aliphatic rings. The van der Waals surface area contributed by atoms with Crippen LogP contribution in [0.4, 0.5) is 0 Å². The molecule has 21 heavy (non-hydrogen) atoms. The van der Waals surface area contributed by atoms with Crippen LogP contribution in [0.25, 0.3) is 0 Å². The Hall–Kier alpha value is -2.17. The number of carbonyl (C=O) groups is 3. The molecular formula is C16H19NO4. The molecule has 1 N–H and O–H groups in total. The third-order valence-electron chi connectivity index (χ3n) is 3.79. The Morgan fingerprint density at radius 2 is 1.86 bits per heavy atom. The predicted molar refractivity (Wildman–Crippen MR) is 76.9 cm³/mol. The number of likely N-dealkylation sites (tertiary alicyclic amines) is 1. The number of hydrogen-bond acceptors (Lipinski definition) is 3. The topological polar surface area (TPSA) is 74.7 Å². The molecule has 112 valence electrons. The van der Waals surface area contributed by atoms with Gasteiger partial charge in [-0.1, -0.05) is 30.3 Å². The number of amides is 1. The van der Waals surface area contributed by atoms with Gasteiger partial charge in [-0.15, -0.1) is 0 Å². The van der Waals surface area contributed by atoms with E-state index in [0.29, 0.717) is 24.9 Å². The highest BCUT2D eigenvalue weighted by atomic mass is 16.4. The van der Waals surface area contributed by atoms with Gasteiger partial charge < -0.3 is 10.0 Å². The van der Waals surface area contributed by atoms with Crippen molar-refractivity contribution in [2.45, 2.75) is 25.7 Å². The summed E-state index contributed by atoms with van der Waals surface area (Å²) in [7, 11) is 0. The third-order valence-corrected chi connectivity index (χ3v) is 3.79. The van der Waals surface area contributed by atoms with Crippen molar-refractivity contribution in [2.24, 2.45) is 5.92 Å². The molecule has 5 nitrogen and oxygen atoms in total. The summed E-state index contributed by atoms with van der Waals surface area (Å²) in [4.78, 5) is 36.6. The van der Waals surface area contributed by atoms with Gasteiger partial charge in [0.25, 0.3) is 0 Å². The van der Waals surface area contributed by atoms with E-state index in [9.17, 15) is 14.4 Å². The Balaban J connectivity index is 1.84. The molecule has 2 rings (SSSR count). The molecule has 1 atom stereocenters. The van der Waals surface area contributed by atoms with Crippen molar-refractivity contribution < 1.29 is 19.5 Å². The summed E-state index contributed by atoms with van der Waals surface area (Å²) in [5, 5.41) is 9.01. The van der Waals surface area contributed by atoms with Crippen LogP contribution in [0.3, 0.4) is 0 Å². The Kier molecular flexibility index (Phi) is 5.09. The molecule has 0 radical (unpaired) electrons. The van der Waals surface area contributed by atoms with Crippen molar-refractivity contribution in [3.8, 4) is 0 Å². The van der Waals surface area contributed by atoms with Crippen LogP contribution >= 0.6 is 0 Å². The molecule has 0 aliphatic carbocycles. The number of carboxylic acid groups (broad SMARTS) is 1. The van der Waals surface area contributed by atoms with E-state index < -0.39 is 11.9 Å². The molecule has 1 unspecified atom stereocenters. The van der Waals surface area contributed by atoms with Crippen LogP contribution in [0.1, 0.15) is 36.0 Å². The second kappa shape index (κ2) is 7.02. The van der Waals surface area contributed by atoms with Gasteiger partial charge in [0.05, 0.1) is 5.92 Å². The van der Waals surface area contributed by atoms with Gasteiger partial charge in [-0.2, -0.15) is 0 Å². The second-order valence-corrected chi connectivity index (χ2v) is 5.31. The molecule has 1 aliphatic heterocycles. The molecule has 5 heteroatoms. The number of hydrogen-bond donors (Lipinski definition) is 1.